The van der Waals surface area contributed by atoms with Crippen molar-refractivity contribution in [2.45, 2.75) is 41.5 Å². The van der Waals surface area contributed by atoms with Crippen LogP contribution >= 0.6 is 9.24 Å². The fourth-order valence-electron chi connectivity index (χ4n) is 3.67. The molecular formula is C26H35N4O2P. The van der Waals surface area contributed by atoms with Gasteiger partial charge in [-0.3, -0.25) is 20.4 Å². The topological polar surface area (TPSA) is 110 Å². The standard InChI is InChI=1S/2C10H14N2O.C6H7P/c2*1-6-4-7(2)9(8(3)5-6)10(13)12-11;7-6-4-2-1-3-5-6/h2*4-5H,11H2,1-3H3,(H,12,13);1-5H,7H2. The number of carbonyl (C=O) groups excluding carboxylic acids is 2. The summed E-state index contributed by atoms with van der Waals surface area (Å²) < 4.78 is 0. The Labute approximate surface area is 199 Å². The quantitative estimate of drug-likeness (QED) is 0.200. The maximum absolute atomic E-state index is 11.3. The van der Waals surface area contributed by atoms with Crippen molar-refractivity contribution in [1.82, 2.24) is 10.9 Å². The van der Waals surface area contributed by atoms with E-state index in [9.17, 15) is 9.59 Å². The van der Waals surface area contributed by atoms with Crippen molar-refractivity contribution in [1.29, 1.82) is 0 Å². The second-order valence-corrected chi connectivity index (χ2v) is 8.57. The number of carbonyl (C=O) groups is 2. The van der Waals surface area contributed by atoms with Gasteiger partial charge in [0.05, 0.1) is 0 Å². The van der Waals surface area contributed by atoms with Crippen LogP contribution in [0, 0.1) is 41.5 Å². The first kappa shape index (κ1) is 28.0. The molecule has 7 heteroatoms. The number of nitrogens with one attached hydrogen (secondary N) is 2. The summed E-state index contributed by atoms with van der Waals surface area (Å²) in [5, 5.41) is 1.24. The molecule has 3 aromatic carbocycles. The van der Waals surface area contributed by atoms with Crippen LogP contribution in [-0.2, 0) is 0 Å². The minimum absolute atomic E-state index is 0.227. The SMILES string of the molecule is Cc1cc(C)c(C(=O)NN)c(C)c1.Cc1cc(C)c(C(=O)NN)c(C)c1.Pc1ccccc1. The van der Waals surface area contributed by atoms with Crippen LogP contribution in [0.5, 0.6) is 0 Å². The Morgan fingerprint density at radius 3 is 1.15 bits per heavy atom. The molecule has 1 unspecified atom stereocenters. The second-order valence-electron chi connectivity index (χ2n) is 7.91. The summed E-state index contributed by atoms with van der Waals surface area (Å²) in [5.41, 5.74) is 11.8. The van der Waals surface area contributed by atoms with Crippen LogP contribution in [-0.4, -0.2) is 11.8 Å². The van der Waals surface area contributed by atoms with E-state index in [0.717, 1.165) is 33.4 Å². The van der Waals surface area contributed by atoms with Gasteiger partial charge < -0.3 is 0 Å². The molecule has 0 fully saturated rings. The molecule has 0 aromatic heterocycles. The van der Waals surface area contributed by atoms with Crippen LogP contribution in [0.15, 0.2) is 54.6 Å². The lowest BCUT2D eigenvalue weighted by molar-refractivity contribution is 0.0944. The number of hydrazine groups is 2. The van der Waals surface area contributed by atoms with Crippen molar-refractivity contribution in [2.75, 3.05) is 0 Å². The van der Waals surface area contributed by atoms with Gasteiger partial charge in [0.25, 0.3) is 11.8 Å². The predicted molar refractivity (Wildman–Crippen MR) is 140 cm³/mol. The third-order valence-electron chi connectivity index (χ3n) is 4.87. The zero-order valence-electron chi connectivity index (χ0n) is 20.2. The molecule has 1 atom stereocenters. The lowest BCUT2D eigenvalue weighted by Gasteiger charge is -2.08. The van der Waals surface area contributed by atoms with Crippen LogP contribution in [0.4, 0.5) is 0 Å². The van der Waals surface area contributed by atoms with Gasteiger partial charge >= 0.3 is 0 Å². The first-order valence-corrected chi connectivity index (χ1v) is 11.1. The highest BCUT2D eigenvalue weighted by Gasteiger charge is 2.11. The maximum Gasteiger partial charge on any atom is 0.265 e. The summed E-state index contributed by atoms with van der Waals surface area (Å²) in [6, 6.07) is 18.0. The summed E-state index contributed by atoms with van der Waals surface area (Å²) >= 11 is 0. The van der Waals surface area contributed by atoms with Crippen molar-refractivity contribution >= 4 is 26.4 Å². The fourth-order valence-corrected chi connectivity index (χ4v) is 3.90. The molecule has 176 valence electrons. The highest BCUT2D eigenvalue weighted by Crippen LogP contribution is 2.16. The highest BCUT2D eigenvalue weighted by molar-refractivity contribution is 7.27. The molecule has 2 amide bonds. The molecule has 0 spiro atoms. The third-order valence-corrected chi connectivity index (χ3v) is 5.25. The van der Waals surface area contributed by atoms with Gasteiger partial charge in [0.15, 0.2) is 0 Å². The van der Waals surface area contributed by atoms with Gasteiger partial charge in [-0.25, -0.2) is 11.7 Å². The summed E-state index contributed by atoms with van der Waals surface area (Å²) in [6.45, 7) is 11.6. The number of aryl methyl sites for hydroxylation is 6. The minimum Gasteiger partial charge on any atom is -0.290 e. The molecule has 6 nitrogen and oxygen atoms in total. The predicted octanol–water partition coefficient (Wildman–Crippen LogP) is 3.62. The molecular weight excluding hydrogens is 431 g/mol. The van der Waals surface area contributed by atoms with Crippen molar-refractivity contribution in [3.05, 3.63) is 99.1 Å². The number of nitrogens with two attached hydrogens (primary N) is 2. The molecule has 0 aliphatic rings. The van der Waals surface area contributed by atoms with E-state index in [-0.39, 0.29) is 11.8 Å². The Morgan fingerprint density at radius 1 is 0.636 bits per heavy atom. The van der Waals surface area contributed by atoms with Crippen molar-refractivity contribution < 1.29 is 9.59 Å². The molecule has 0 aliphatic carbocycles. The first-order valence-electron chi connectivity index (χ1n) is 10.5. The molecule has 0 aliphatic heterocycles. The van der Waals surface area contributed by atoms with Gasteiger partial charge in [-0.1, -0.05) is 65.7 Å². The van der Waals surface area contributed by atoms with E-state index in [4.69, 9.17) is 11.7 Å². The van der Waals surface area contributed by atoms with Crippen LogP contribution in [0.1, 0.15) is 54.1 Å². The number of rotatable bonds is 2. The van der Waals surface area contributed by atoms with E-state index in [1.54, 1.807) is 0 Å². The Balaban J connectivity index is 0.000000259. The van der Waals surface area contributed by atoms with E-state index < -0.39 is 0 Å². The molecule has 3 rings (SSSR count). The van der Waals surface area contributed by atoms with Crippen molar-refractivity contribution in [3.8, 4) is 0 Å². The lowest BCUT2D eigenvalue weighted by atomic mass is 9.99. The van der Waals surface area contributed by atoms with E-state index >= 15 is 0 Å². The van der Waals surface area contributed by atoms with Crippen molar-refractivity contribution in [3.63, 3.8) is 0 Å². The van der Waals surface area contributed by atoms with Crippen LogP contribution in [0.25, 0.3) is 0 Å². The maximum atomic E-state index is 11.3. The molecule has 0 heterocycles. The van der Waals surface area contributed by atoms with Gasteiger partial charge in [-0.2, -0.15) is 0 Å². The van der Waals surface area contributed by atoms with E-state index in [1.165, 1.54) is 5.30 Å². The van der Waals surface area contributed by atoms with Gasteiger partial charge in [0, 0.05) is 11.1 Å². The van der Waals surface area contributed by atoms with Crippen molar-refractivity contribution in [2.24, 2.45) is 11.7 Å². The molecule has 6 N–H and O–H groups in total. The number of amides is 2. The molecule has 0 radical (unpaired) electrons. The molecule has 0 saturated heterocycles. The number of nitrogen functional groups attached to an aromatic ring is 2. The average Bonchev–Trinajstić information content (AvgIpc) is 2.73. The molecule has 0 bridgehead atoms. The monoisotopic (exact) mass is 466 g/mol. The molecule has 3 aromatic rings. The summed E-state index contributed by atoms with van der Waals surface area (Å²) in [5.74, 6) is 9.71. The summed E-state index contributed by atoms with van der Waals surface area (Å²) in [6.07, 6.45) is 0. The van der Waals surface area contributed by atoms with Gasteiger partial charge in [-0.15, -0.1) is 9.24 Å². The Hall–Kier alpha value is -3.05. The molecule has 0 saturated carbocycles. The Kier molecular flexibility index (Phi) is 11.4. The van der Waals surface area contributed by atoms with Gasteiger partial charge in [-0.05, 0) is 69.1 Å². The van der Waals surface area contributed by atoms with E-state index in [0.29, 0.717) is 11.1 Å². The minimum atomic E-state index is -0.227. The van der Waals surface area contributed by atoms with E-state index in [2.05, 4.69) is 20.1 Å². The average molecular weight is 467 g/mol. The molecule has 33 heavy (non-hydrogen) atoms. The number of benzene rings is 3. The Bertz CT molecular complexity index is 983. The summed E-state index contributed by atoms with van der Waals surface area (Å²) in [4.78, 5) is 22.7. The zero-order valence-corrected chi connectivity index (χ0v) is 21.4. The van der Waals surface area contributed by atoms with Gasteiger partial charge in [0.1, 0.15) is 0 Å². The van der Waals surface area contributed by atoms with E-state index in [1.807, 2.05) is 96.1 Å². The Morgan fingerprint density at radius 2 is 0.939 bits per heavy atom. The van der Waals surface area contributed by atoms with Crippen LogP contribution < -0.4 is 27.8 Å². The van der Waals surface area contributed by atoms with Crippen LogP contribution in [0.3, 0.4) is 0 Å². The highest BCUT2D eigenvalue weighted by atomic mass is 31.0. The van der Waals surface area contributed by atoms with Crippen LogP contribution in [0.2, 0.25) is 0 Å². The largest absolute Gasteiger partial charge is 0.290 e. The lowest BCUT2D eigenvalue weighted by Crippen LogP contribution is -2.31. The number of hydrogen-bond donors (Lipinski definition) is 4. The number of hydrogen-bond acceptors (Lipinski definition) is 4. The second kappa shape index (κ2) is 13.5. The normalized spacial score (nSPS) is 9.61. The third kappa shape index (κ3) is 8.78. The van der Waals surface area contributed by atoms with Gasteiger partial charge in [0.2, 0.25) is 0 Å². The smallest absolute Gasteiger partial charge is 0.265 e. The fraction of sp³-hybridized carbons (Fsp3) is 0.231. The first-order chi connectivity index (χ1) is 15.5. The zero-order chi connectivity index (χ0) is 25.1. The summed E-state index contributed by atoms with van der Waals surface area (Å²) in [7, 11) is 2.63.